The Morgan fingerprint density at radius 1 is 1.36 bits per heavy atom. The predicted molar refractivity (Wildman–Crippen MR) is 48.9 cm³/mol. The van der Waals surface area contributed by atoms with Gasteiger partial charge in [0.1, 0.15) is 17.4 Å². The molecule has 0 spiro atoms. The largest absolute Gasteiger partial charge is 0.508 e. The van der Waals surface area contributed by atoms with Gasteiger partial charge in [0.2, 0.25) is 5.76 Å². The molecule has 2 rings (SSSR count). The maximum Gasteiger partial charge on any atom is 0.207 e. The molecule has 14 heavy (non-hydrogen) atoms. The smallest absolute Gasteiger partial charge is 0.207 e. The fourth-order valence-corrected chi connectivity index (χ4v) is 1.20. The van der Waals surface area contributed by atoms with Gasteiger partial charge in [0.05, 0.1) is 5.39 Å². The van der Waals surface area contributed by atoms with E-state index >= 15 is 0 Å². The van der Waals surface area contributed by atoms with Crippen LogP contribution in [0.3, 0.4) is 0 Å². The molecular weight excluding hydrogens is 182 g/mol. The van der Waals surface area contributed by atoms with Crippen molar-refractivity contribution in [2.75, 3.05) is 0 Å². The van der Waals surface area contributed by atoms with Crippen molar-refractivity contribution in [3.8, 4) is 11.8 Å². The number of fused-ring (bicyclic) bond motifs is 1. The van der Waals surface area contributed by atoms with E-state index in [9.17, 15) is 4.79 Å². The molecule has 1 heterocycles. The molecule has 0 atom stereocenters. The lowest BCUT2D eigenvalue weighted by atomic mass is 10.2. The molecule has 1 aromatic heterocycles. The highest BCUT2D eigenvalue weighted by Gasteiger charge is 2.04. The summed E-state index contributed by atoms with van der Waals surface area (Å²) in [5.74, 6) is -0.0659. The summed E-state index contributed by atoms with van der Waals surface area (Å²) in [6.45, 7) is 0. The second kappa shape index (κ2) is 2.89. The number of phenols is 1. The molecule has 2 aromatic rings. The van der Waals surface area contributed by atoms with E-state index in [4.69, 9.17) is 14.8 Å². The van der Waals surface area contributed by atoms with Crippen LogP contribution in [-0.4, -0.2) is 5.11 Å². The Balaban J connectivity index is 2.92. The number of nitriles is 1. The summed E-state index contributed by atoms with van der Waals surface area (Å²) < 4.78 is 5.05. The van der Waals surface area contributed by atoms with Crippen molar-refractivity contribution in [2.24, 2.45) is 0 Å². The first-order valence-corrected chi connectivity index (χ1v) is 3.87. The minimum atomic E-state index is -0.289. The van der Waals surface area contributed by atoms with E-state index in [-0.39, 0.29) is 22.5 Å². The predicted octanol–water partition coefficient (Wildman–Crippen LogP) is 1.37. The molecular formula is C10H5NO3. The van der Waals surface area contributed by atoms with Gasteiger partial charge in [0, 0.05) is 12.1 Å². The van der Waals surface area contributed by atoms with Crippen LogP contribution in [0.1, 0.15) is 5.76 Å². The molecule has 0 bridgehead atoms. The van der Waals surface area contributed by atoms with Crippen LogP contribution >= 0.6 is 0 Å². The maximum absolute atomic E-state index is 11.4. The van der Waals surface area contributed by atoms with Crippen LogP contribution in [0.25, 0.3) is 11.0 Å². The highest BCUT2D eigenvalue weighted by atomic mass is 16.3. The van der Waals surface area contributed by atoms with Crippen LogP contribution in [0.2, 0.25) is 0 Å². The lowest BCUT2D eigenvalue weighted by molar-refractivity contribution is 0.473. The van der Waals surface area contributed by atoms with Gasteiger partial charge in [-0.05, 0) is 12.1 Å². The first kappa shape index (κ1) is 8.32. The van der Waals surface area contributed by atoms with Gasteiger partial charge in [-0.2, -0.15) is 5.26 Å². The van der Waals surface area contributed by atoms with Gasteiger partial charge in [-0.1, -0.05) is 0 Å². The molecule has 0 saturated carbocycles. The van der Waals surface area contributed by atoms with Crippen molar-refractivity contribution in [3.05, 3.63) is 40.2 Å². The lowest BCUT2D eigenvalue weighted by Crippen LogP contribution is -1.99. The number of phenolic OH excluding ortho intramolecular Hbond substituents is 1. The molecule has 0 amide bonds. The second-order valence-electron chi connectivity index (χ2n) is 2.77. The molecule has 1 N–H and O–H groups in total. The summed E-state index contributed by atoms with van der Waals surface area (Å²) >= 11 is 0. The number of rotatable bonds is 0. The third-order valence-electron chi connectivity index (χ3n) is 1.82. The van der Waals surface area contributed by atoms with Gasteiger partial charge in [-0.3, -0.25) is 4.79 Å². The van der Waals surface area contributed by atoms with Crippen molar-refractivity contribution in [3.63, 3.8) is 0 Å². The maximum atomic E-state index is 11.4. The summed E-state index contributed by atoms with van der Waals surface area (Å²) in [4.78, 5) is 11.4. The zero-order valence-electron chi connectivity index (χ0n) is 7.02. The lowest BCUT2D eigenvalue weighted by Gasteiger charge is -1.97. The molecule has 0 fully saturated rings. The third-order valence-corrected chi connectivity index (χ3v) is 1.82. The summed E-state index contributed by atoms with van der Waals surface area (Å²) in [7, 11) is 0. The summed E-state index contributed by atoms with van der Waals surface area (Å²) in [5, 5.41) is 18.0. The van der Waals surface area contributed by atoms with Crippen LogP contribution in [0.4, 0.5) is 0 Å². The molecule has 0 aliphatic carbocycles. The molecule has 0 radical (unpaired) electrons. The van der Waals surface area contributed by atoms with Gasteiger partial charge in [-0.25, -0.2) is 0 Å². The Morgan fingerprint density at radius 3 is 2.86 bits per heavy atom. The molecule has 1 aromatic carbocycles. The minimum Gasteiger partial charge on any atom is -0.508 e. The fraction of sp³-hybridized carbons (Fsp3) is 0. The summed E-state index contributed by atoms with van der Waals surface area (Å²) in [6, 6.07) is 7.01. The Morgan fingerprint density at radius 2 is 2.14 bits per heavy atom. The molecule has 0 aliphatic rings. The van der Waals surface area contributed by atoms with Crippen LogP contribution in [0.5, 0.6) is 5.75 Å². The van der Waals surface area contributed by atoms with Gasteiger partial charge in [0.25, 0.3) is 0 Å². The Labute approximate surface area is 78.6 Å². The van der Waals surface area contributed by atoms with Crippen molar-refractivity contribution in [1.29, 1.82) is 5.26 Å². The van der Waals surface area contributed by atoms with Gasteiger partial charge in [0.15, 0.2) is 5.43 Å². The molecule has 0 unspecified atom stereocenters. The number of nitrogens with zero attached hydrogens (tertiary/aromatic N) is 1. The average molecular weight is 187 g/mol. The Bertz CT molecular complexity index is 592. The third kappa shape index (κ3) is 1.21. The van der Waals surface area contributed by atoms with Crippen LogP contribution < -0.4 is 5.43 Å². The van der Waals surface area contributed by atoms with E-state index in [0.29, 0.717) is 5.39 Å². The highest BCUT2D eigenvalue weighted by Crippen LogP contribution is 2.17. The van der Waals surface area contributed by atoms with Gasteiger partial charge in [-0.15, -0.1) is 0 Å². The first-order chi connectivity index (χ1) is 6.70. The standard InChI is InChI=1S/C10H5NO3/c11-5-7-4-9(13)8-2-1-6(12)3-10(8)14-7/h1-4,12H. The van der Waals surface area contributed by atoms with Crippen molar-refractivity contribution < 1.29 is 9.52 Å². The minimum absolute atomic E-state index is 0.00394. The van der Waals surface area contributed by atoms with Crippen LogP contribution in [0.15, 0.2) is 33.5 Å². The highest BCUT2D eigenvalue weighted by molar-refractivity contribution is 5.78. The van der Waals surface area contributed by atoms with Crippen molar-refractivity contribution >= 4 is 11.0 Å². The number of hydrogen-bond donors (Lipinski definition) is 1. The zero-order chi connectivity index (χ0) is 10.1. The number of benzene rings is 1. The SMILES string of the molecule is N#Cc1cc(=O)c2ccc(O)cc2o1. The molecule has 4 heteroatoms. The Hall–Kier alpha value is -2.28. The van der Waals surface area contributed by atoms with Crippen LogP contribution in [-0.2, 0) is 0 Å². The van der Waals surface area contributed by atoms with E-state index in [1.165, 1.54) is 18.2 Å². The monoisotopic (exact) mass is 187 g/mol. The van der Waals surface area contributed by atoms with E-state index in [1.807, 2.05) is 0 Å². The van der Waals surface area contributed by atoms with E-state index in [2.05, 4.69) is 0 Å². The molecule has 4 nitrogen and oxygen atoms in total. The first-order valence-electron chi connectivity index (χ1n) is 3.87. The Kier molecular flexibility index (Phi) is 1.72. The summed E-state index contributed by atoms with van der Waals surface area (Å²) in [6.07, 6.45) is 0. The van der Waals surface area contributed by atoms with Crippen molar-refractivity contribution in [2.45, 2.75) is 0 Å². The number of hydrogen-bond acceptors (Lipinski definition) is 4. The molecule has 0 saturated heterocycles. The molecule has 0 aliphatic heterocycles. The second-order valence-corrected chi connectivity index (χ2v) is 2.77. The van der Waals surface area contributed by atoms with E-state index in [1.54, 1.807) is 6.07 Å². The fourth-order valence-electron chi connectivity index (χ4n) is 1.20. The van der Waals surface area contributed by atoms with E-state index in [0.717, 1.165) is 6.07 Å². The van der Waals surface area contributed by atoms with E-state index < -0.39 is 0 Å². The quantitative estimate of drug-likeness (QED) is 0.675. The zero-order valence-corrected chi connectivity index (χ0v) is 7.02. The summed E-state index contributed by atoms with van der Waals surface area (Å²) in [5.41, 5.74) is -0.0724. The topological polar surface area (TPSA) is 74.2 Å². The number of aromatic hydroxyl groups is 1. The van der Waals surface area contributed by atoms with Crippen molar-refractivity contribution in [1.82, 2.24) is 0 Å². The van der Waals surface area contributed by atoms with Crippen LogP contribution in [0, 0.1) is 11.3 Å². The normalized spacial score (nSPS) is 9.93. The molecule has 68 valence electrons. The average Bonchev–Trinajstić information content (AvgIpc) is 2.16. The van der Waals surface area contributed by atoms with Gasteiger partial charge >= 0.3 is 0 Å². The van der Waals surface area contributed by atoms with Gasteiger partial charge < -0.3 is 9.52 Å².